The van der Waals surface area contributed by atoms with Gasteiger partial charge in [-0.05, 0) is 39.4 Å². The first-order valence-electron chi connectivity index (χ1n) is 5.64. The Morgan fingerprint density at radius 1 is 1.00 bits per heavy atom. The first kappa shape index (κ1) is 11.4. The fourth-order valence-corrected chi connectivity index (χ4v) is 2.81. The Bertz CT molecular complexity index is 676. The van der Waals surface area contributed by atoms with Gasteiger partial charge in [-0.3, -0.25) is 0 Å². The Morgan fingerprint density at radius 2 is 1.78 bits per heavy atom. The molecule has 0 saturated heterocycles. The summed E-state index contributed by atoms with van der Waals surface area (Å²) >= 11 is 1.54. The number of hydrogen-bond donors (Lipinski definition) is 1. The summed E-state index contributed by atoms with van der Waals surface area (Å²) in [5, 5.41) is 15.5. The molecule has 1 atom stereocenters. The van der Waals surface area contributed by atoms with Crippen LogP contribution in [0.1, 0.15) is 17.2 Å². The van der Waals surface area contributed by atoms with E-state index in [2.05, 4.69) is 0 Å². The van der Waals surface area contributed by atoms with E-state index >= 15 is 0 Å². The highest BCUT2D eigenvalue weighted by molar-refractivity contribution is 7.08. The van der Waals surface area contributed by atoms with Crippen LogP contribution in [0.5, 0.6) is 0 Å². The maximum atomic E-state index is 13.7. The molecule has 90 valence electrons. The summed E-state index contributed by atoms with van der Waals surface area (Å²) in [5.74, 6) is -0.258. The maximum absolute atomic E-state index is 13.7. The largest absolute Gasteiger partial charge is 0.384 e. The molecule has 0 aliphatic heterocycles. The van der Waals surface area contributed by atoms with Crippen molar-refractivity contribution < 1.29 is 9.50 Å². The molecule has 3 rings (SSSR count). The van der Waals surface area contributed by atoms with E-state index in [0.29, 0.717) is 5.39 Å². The molecule has 3 heteroatoms. The SMILES string of the molecule is OC(c1ccsc1)c1ccc(F)c2ccccc12. The number of rotatable bonds is 2. The quantitative estimate of drug-likeness (QED) is 0.733. The molecular weight excluding hydrogens is 247 g/mol. The summed E-state index contributed by atoms with van der Waals surface area (Å²) in [5.41, 5.74) is 1.59. The van der Waals surface area contributed by atoms with Crippen molar-refractivity contribution in [2.75, 3.05) is 0 Å². The van der Waals surface area contributed by atoms with E-state index in [4.69, 9.17) is 0 Å². The zero-order valence-electron chi connectivity index (χ0n) is 9.51. The van der Waals surface area contributed by atoms with Gasteiger partial charge < -0.3 is 5.11 Å². The third-order valence-electron chi connectivity index (χ3n) is 3.06. The Labute approximate surface area is 108 Å². The van der Waals surface area contributed by atoms with Gasteiger partial charge in [-0.2, -0.15) is 11.3 Å². The lowest BCUT2D eigenvalue weighted by Gasteiger charge is -2.13. The van der Waals surface area contributed by atoms with Gasteiger partial charge in [0.2, 0.25) is 0 Å². The highest BCUT2D eigenvalue weighted by Crippen LogP contribution is 2.31. The van der Waals surface area contributed by atoms with Crippen LogP contribution in [0.3, 0.4) is 0 Å². The normalized spacial score (nSPS) is 12.8. The lowest BCUT2D eigenvalue weighted by atomic mass is 9.97. The standard InChI is InChI=1S/C15H11FOS/c16-14-6-5-13(11-3-1-2-4-12(11)14)15(17)10-7-8-18-9-10/h1-9,15,17H. The Kier molecular flexibility index (Phi) is 2.86. The Balaban J connectivity index is 2.21. The van der Waals surface area contributed by atoms with Gasteiger partial charge in [0.15, 0.2) is 0 Å². The molecule has 18 heavy (non-hydrogen) atoms. The molecule has 0 aliphatic carbocycles. The number of halogens is 1. The van der Waals surface area contributed by atoms with Gasteiger partial charge in [-0.15, -0.1) is 0 Å². The summed E-state index contributed by atoms with van der Waals surface area (Å²) < 4.78 is 13.7. The Morgan fingerprint density at radius 3 is 2.50 bits per heavy atom. The second-order valence-corrected chi connectivity index (χ2v) is 4.92. The molecule has 0 radical (unpaired) electrons. The van der Waals surface area contributed by atoms with Crippen molar-refractivity contribution in [3.05, 3.63) is 70.2 Å². The molecule has 1 aromatic heterocycles. The van der Waals surface area contributed by atoms with Crippen LogP contribution in [0.2, 0.25) is 0 Å². The van der Waals surface area contributed by atoms with Crippen LogP contribution in [0.15, 0.2) is 53.2 Å². The van der Waals surface area contributed by atoms with Gasteiger partial charge in [-0.1, -0.05) is 30.3 Å². The topological polar surface area (TPSA) is 20.2 Å². The molecule has 0 spiro atoms. The number of aliphatic hydroxyl groups excluding tert-OH is 1. The molecule has 0 aliphatic rings. The molecule has 1 unspecified atom stereocenters. The first-order valence-corrected chi connectivity index (χ1v) is 6.59. The van der Waals surface area contributed by atoms with Crippen molar-refractivity contribution in [1.82, 2.24) is 0 Å². The molecule has 1 N–H and O–H groups in total. The third-order valence-corrected chi connectivity index (χ3v) is 3.76. The van der Waals surface area contributed by atoms with Crippen molar-refractivity contribution in [1.29, 1.82) is 0 Å². The molecule has 3 aromatic rings. The van der Waals surface area contributed by atoms with Gasteiger partial charge in [0.25, 0.3) is 0 Å². The van der Waals surface area contributed by atoms with Gasteiger partial charge in [0.05, 0.1) is 0 Å². The summed E-state index contributed by atoms with van der Waals surface area (Å²) in [7, 11) is 0. The number of aliphatic hydroxyl groups is 1. The molecular formula is C15H11FOS. The predicted molar refractivity (Wildman–Crippen MR) is 72.3 cm³/mol. The van der Waals surface area contributed by atoms with Crippen molar-refractivity contribution in [2.24, 2.45) is 0 Å². The van der Waals surface area contributed by atoms with Gasteiger partial charge in [-0.25, -0.2) is 4.39 Å². The zero-order valence-corrected chi connectivity index (χ0v) is 10.3. The van der Waals surface area contributed by atoms with Crippen LogP contribution in [-0.4, -0.2) is 5.11 Å². The number of fused-ring (bicyclic) bond motifs is 1. The van der Waals surface area contributed by atoms with E-state index in [1.165, 1.54) is 17.4 Å². The summed E-state index contributed by atoms with van der Waals surface area (Å²) in [6, 6.07) is 12.2. The fraction of sp³-hybridized carbons (Fsp3) is 0.0667. The minimum absolute atomic E-state index is 0.258. The van der Waals surface area contributed by atoms with Crippen LogP contribution >= 0.6 is 11.3 Å². The number of hydrogen-bond acceptors (Lipinski definition) is 2. The van der Waals surface area contributed by atoms with Crippen LogP contribution in [0.25, 0.3) is 10.8 Å². The molecule has 0 bridgehead atoms. The lowest BCUT2D eigenvalue weighted by Crippen LogP contribution is -1.99. The summed E-state index contributed by atoms with van der Waals surface area (Å²) in [4.78, 5) is 0. The van der Waals surface area contributed by atoms with E-state index in [0.717, 1.165) is 16.5 Å². The van der Waals surface area contributed by atoms with Crippen LogP contribution < -0.4 is 0 Å². The molecule has 0 fully saturated rings. The molecule has 0 saturated carbocycles. The van der Waals surface area contributed by atoms with Gasteiger partial charge in [0.1, 0.15) is 11.9 Å². The van der Waals surface area contributed by atoms with Crippen LogP contribution in [0.4, 0.5) is 4.39 Å². The predicted octanol–water partition coefficient (Wildman–Crippen LogP) is 4.12. The van der Waals surface area contributed by atoms with Gasteiger partial charge in [0, 0.05) is 5.39 Å². The molecule has 1 nitrogen and oxygen atoms in total. The Hall–Kier alpha value is -1.71. The minimum Gasteiger partial charge on any atom is -0.384 e. The average Bonchev–Trinajstić information content (AvgIpc) is 2.93. The van der Waals surface area contributed by atoms with Crippen molar-refractivity contribution in [3.8, 4) is 0 Å². The lowest BCUT2D eigenvalue weighted by molar-refractivity contribution is 0.222. The van der Waals surface area contributed by atoms with E-state index in [1.807, 2.05) is 29.0 Å². The van der Waals surface area contributed by atoms with E-state index in [9.17, 15) is 9.50 Å². The van der Waals surface area contributed by atoms with E-state index < -0.39 is 6.10 Å². The smallest absolute Gasteiger partial charge is 0.131 e. The van der Waals surface area contributed by atoms with E-state index in [-0.39, 0.29) is 5.82 Å². The fourth-order valence-electron chi connectivity index (χ4n) is 2.13. The average molecular weight is 258 g/mol. The summed E-state index contributed by atoms with van der Waals surface area (Å²) in [6.45, 7) is 0. The highest BCUT2D eigenvalue weighted by atomic mass is 32.1. The molecule has 1 heterocycles. The van der Waals surface area contributed by atoms with E-state index in [1.54, 1.807) is 18.2 Å². The highest BCUT2D eigenvalue weighted by Gasteiger charge is 2.15. The second kappa shape index (κ2) is 4.52. The van der Waals surface area contributed by atoms with Crippen molar-refractivity contribution >= 4 is 22.1 Å². The number of benzene rings is 2. The molecule has 2 aromatic carbocycles. The zero-order chi connectivity index (χ0) is 12.5. The first-order chi connectivity index (χ1) is 8.77. The maximum Gasteiger partial charge on any atom is 0.131 e. The second-order valence-electron chi connectivity index (χ2n) is 4.14. The monoisotopic (exact) mass is 258 g/mol. The minimum atomic E-state index is -0.707. The third kappa shape index (κ3) is 1.82. The summed E-state index contributed by atoms with van der Waals surface area (Å²) in [6.07, 6.45) is -0.707. The van der Waals surface area contributed by atoms with Gasteiger partial charge >= 0.3 is 0 Å². The van der Waals surface area contributed by atoms with Crippen molar-refractivity contribution in [3.63, 3.8) is 0 Å². The van der Waals surface area contributed by atoms with Crippen molar-refractivity contribution in [2.45, 2.75) is 6.10 Å². The van der Waals surface area contributed by atoms with Crippen LogP contribution in [0, 0.1) is 5.82 Å². The molecule has 0 amide bonds. The van der Waals surface area contributed by atoms with Crippen LogP contribution in [-0.2, 0) is 0 Å². The number of thiophene rings is 1.